The molecule has 1 aliphatic rings. The van der Waals surface area contributed by atoms with Gasteiger partial charge in [-0.3, -0.25) is 4.79 Å². The van der Waals surface area contributed by atoms with Gasteiger partial charge in [-0.2, -0.15) is 0 Å². The van der Waals surface area contributed by atoms with E-state index < -0.39 is 0 Å². The summed E-state index contributed by atoms with van der Waals surface area (Å²) in [4.78, 5) is 14.9. The van der Waals surface area contributed by atoms with Gasteiger partial charge in [-0.1, -0.05) is 17.7 Å². The third-order valence-corrected chi connectivity index (χ3v) is 4.96. The van der Waals surface area contributed by atoms with E-state index in [4.69, 9.17) is 22.4 Å². The maximum Gasteiger partial charge on any atom is 0.266 e. The Bertz CT molecular complexity index is 666. The molecular weight excluding hydrogens is 296 g/mol. The number of aliphatic hydroxyl groups excluding tert-OH is 1. The molecule has 1 aromatic heterocycles. The SMILES string of the molecule is Nc1c(C(=O)N(CCO)C2CC2)sc2cccc(Cl)c12. The average Bonchev–Trinajstić information content (AvgIpc) is 3.20. The van der Waals surface area contributed by atoms with Gasteiger partial charge in [0.25, 0.3) is 5.91 Å². The fourth-order valence-corrected chi connectivity index (χ4v) is 3.80. The number of nitrogens with zero attached hydrogens (tertiary/aromatic N) is 1. The molecular formula is C14H15ClN2O2S. The number of thiophene rings is 1. The molecule has 0 unspecified atom stereocenters. The molecule has 106 valence electrons. The number of halogens is 1. The molecule has 0 aliphatic heterocycles. The second-order valence-electron chi connectivity index (χ2n) is 4.91. The monoisotopic (exact) mass is 310 g/mol. The van der Waals surface area contributed by atoms with Gasteiger partial charge in [0.05, 0.1) is 17.3 Å². The first kappa shape index (κ1) is 13.7. The van der Waals surface area contributed by atoms with Gasteiger partial charge in [0.2, 0.25) is 0 Å². The number of amides is 1. The van der Waals surface area contributed by atoms with E-state index in [-0.39, 0.29) is 18.6 Å². The molecule has 1 saturated carbocycles. The Kier molecular flexibility index (Phi) is 3.58. The number of benzene rings is 1. The van der Waals surface area contributed by atoms with Crippen LogP contribution in [0.15, 0.2) is 18.2 Å². The van der Waals surface area contributed by atoms with E-state index in [1.54, 1.807) is 11.0 Å². The Hall–Kier alpha value is -1.30. The van der Waals surface area contributed by atoms with Crippen molar-refractivity contribution in [1.82, 2.24) is 4.90 Å². The Morgan fingerprint density at radius 3 is 2.85 bits per heavy atom. The lowest BCUT2D eigenvalue weighted by Gasteiger charge is -2.20. The second-order valence-corrected chi connectivity index (χ2v) is 6.37. The minimum absolute atomic E-state index is 0.0339. The molecule has 1 aromatic carbocycles. The minimum Gasteiger partial charge on any atom is -0.397 e. The van der Waals surface area contributed by atoms with E-state index in [2.05, 4.69) is 0 Å². The van der Waals surface area contributed by atoms with Gasteiger partial charge < -0.3 is 15.7 Å². The number of nitrogen functional groups attached to an aromatic ring is 1. The lowest BCUT2D eigenvalue weighted by Crippen LogP contribution is -2.35. The highest BCUT2D eigenvalue weighted by Gasteiger charge is 2.34. The number of fused-ring (bicyclic) bond motifs is 1. The largest absolute Gasteiger partial charge is 0.397 e. The number of rotatable bonds is 4. The molecule has 6 heteroatoms. The van der Waals surface area contributed by atoms with Gasteiger partial charge >= 0.3 is 0 Å². The van der Waals surface area contributed by atoms with Gasteiger partial charge in [-0.25, -0.2) is 0 Å². The minimum atomic E-state index is -0.101. The number of carbonyl (C=O) groups excluding carboxylic acids is 1. The van der Waals surface area contributed by atoms with Gasteiger partial charge in [0, 0.05) is 22.7 Å². The van der Waals surface area contributed by atoms with Gasteiger partial charge in [-0.15, -0.1) is 11.3 Å². The highest BCUT2D eigenvalue weighted by molar-refractivity contribution is 7.21. The Balaban J connectivity index is 2.03. The molecule has 1 heterocycles. The van der Waals surface area contributed by atoms with Crippen LogP contribution >= 0.6 is 22.9 Å². The van der Waals surface area contributed by atoms with Crippen LogP contribution in [0.4, 0.5) is 5.69 Å². The highest BCUT2D eigenvalue weighted by atomic mass is 35.5. The van der Waals surface area contributed by atoms with Crippen LogP contribution in [-0.2, 0) is 0 Å². The van der Waals surface area contributed by atoms with E-state index in [0.29, 0.717) is 22.1 Å². The Morgan fingerprint density at radius 2 is 2.25 bits per heavy atom. The summed E-state index contributed by atoms with van der Waals surface area (Å²) in [5, 5.41) is 10.4. The number of aliphatic hydroxyl groups is 1. The molecule has 0 saturated heterocycles. The van der Waals surface area contributed by atoms with Crippen LogP contribution in [0, 0.1) is 0 Å². The van der Waals surface area contributed by atoms with Crippen molar-refractivity contribution in [3.63, 3.8) is 0 Å². The molecule has 20 heavy (non-hydrogen) atoms. The fourth-order valence-electron chi connectivity index (χ4n) is 2.36. The van der Waals surface area contributed by atoms with Crippen LogP contribution in [0.1, 0.15) is 22.5 Å². The fraction of sp³-hybridized carbons (Fsp3) is 0.357. The standard InChI is InChI=1S/C14H15ClN2O2S/c15-9-2-1-3-10-11(9)12(16)13(20-10)14(19)17(6-7-18)8-4-5-8/h1-3,8,18H,4-7,16H2. The molecule has 1 fully saturated rings. The third kappa shape index (κ3) is 2.26. The summed E-state index contributed by atoms with van der Waals surface area (Å²) in [6.45, 7) is 0.318. The molecule has 3 N–H and O–H groups in total. The Labute approximate surface area is 125 Å². The van der Waals surface area contributed by atoms with E-state index in [0.717, 1.165) is 22.9 Å². The van der Waals surface area contributed by atoms with Crippen molar-refractivity contribution in [2.24, 2.45) is 0 Å². The number of nitrogens with two attached hydrogens (primary N) is 1. The van der Waals surface area contributed by atoms with Crippen molar-refractivity contribution < 1.29 is 9.90 Å². The van der Waals surface area contributed by atoms with Crippen LogP contribution < -0.4 is 5.73 Å². The first-order valence-electron chi connectivity index (χ1n) is 6.51. The lowest BCUT2D eigenvalue weighted by atomic mass is 10.2. The first-order valence-corrected chi connectivity index (χ1v) is 7.71. The third-order valence-electron chi connectivity index (χ3n) is 3.49. The molecule has 2 aromatic rings. The molecule has 0 radical (unpaired) electrons. The molecule has 1 aliphatic carbocycles. The molecule has 3 rings (SSSR count). The molecule has 0 atom stereocenters. The topological polar surface area (TPSA) is 66.6 Å². The van der Waals surface area contributed by atoms with Crippen molar-refractivity contribution >= 4 is 44.6 Å². The summed E-state index contributed by atoms with van der Waals surface area (Å²) in [7, 11) is 0. The highest BCUT2D eigenvalue weighted by Crippen LogP contribution is 2.39. The van der Waals surface area contributed by atoms with Crippen LogP contribution in [0.2, 0.25) is 5.02 Å². The summed E-state index contributed by atoms with van der Waals surface area (Å²) in [6.07, 6.45) is 1.99. The molecule has 1 amide bonds. The smallest absolute Gasteiger partial charge is 0.266 e. The zero-order valence-electron chi connectivity index (χ0n) is 10.8. The van der Waals surface area contributed by atoms with E-state index >= 15 is 0 Å². The van der Waals surface area contributed by atoms with Crippen LogP contribution in [0.3, 0.4) is 0 Å². The predicted octanol–water partition coefficient (Wildman–Crippen LogP) is 2.73. The number of hydrogen-bond donors (Lipinski definition) is 2. The summed E-state index contributed by atoms with van der Waals surface area (Å²) in [5.74, 6) is -0.101. The van der Waals surface area contributed by atoms with Gasteiger partial charge in [0.1, 0.15) is 4.88 Å². The van der Waals surface area contributed by atoms with Crippen molar-refractivity contribution in [2.45, 2.75) is 18.9 Å². The van der Waals surface area contributed by atoms with Crippen LogP contribution in [-0.4, -0.2) is 35.1 Å². The van der Waals surface area contributed by atoms with E-state index in [1.807, 2.05) is 12.1 Å². The quantitative estimate of drug-likeness (QED) is 0.912. The number of hydrogen-bond acceptors (Lipinski definition) is 4. The Morgan fingerprint density at radius 1 is 1.50 bits per heavy atom. The van der Waals surface area contributed by atoms with Crippen LogP contribution in [0.25, 0.3) is 10.1 Å². The first-order chi connectivity index (χ1) is 9.63. The maximum atomic E-state index is 12.6. The maximum absolute atomic E-state index is 12.6. The van der Waals surface area contributed by atoms with Crippen molar-refractivity contribution in [3.8, 4) is 0 Å². The predicted molar refractivity (Wildman–Crippen MR) is 82.4 cm³/mol. The van der Waals surface area contributed by atoms with E-state index in [9.17, 15) is 4.79 Å². The van der Waals surface area contributed by atoms with Crippen molar-refractivity contribution in [2.75, 3.05) is 18.9 Å². The molecule has 0 bridgehead atoms. The molecule has 4 nitrogen and oxygen atoms in total. The summed E-state index contributed by atoms with van der Waals surface area (Å²) in [5.41, 5.74) is 6.56. The van der Waals surface area contributed by atoms with Crippen molar-refractivity contribution in [1.29, 1.82) is 0 Å². The molecule has 0 spiro atoms. The summed E-state index contributed by atoms with van der Waals surface area (Å²) >= 11 is 7.52. The zero-order valence-corrected chi connectivity index (χ0v) is 12.4. The summed E-state index contributed by atoms with van der Waals surface area (Å²) < 4.78 is 0.915. The van der Waals surface area contributed by atoms with E-state index in [1.165, 1.54) is 11.3 Å². The summed E-state index contributed by atoms with van der Waals surface area (Å²) in [6, 6.07) is 5.77. The second kappa shape index (κ2) is 5.24. The number of anilines is 1. The normalized spacial score (nSPS) is 14.7. The van der Waals surface area contributed by atoms with Crippen molar-refractivity contribution in [3.05, 3.63) is 28.1 Å². The zero-order chi connectivity index (χ0) is 14.3. The number of carbonyl (C=O) groups is 1. The van der Waals surface area contributed by atoms with Gasteiger partial charge in [0.15, 0.2) is 0 Å². The van der Waals surface area contributed by atoms with Gasteiger partial charge in [-0.05, 0) is 25.0 Å². The van der Waals surface area contributed by atoms with Crippen LogP contribution in [0.5, 0.6) is 0 Å². The lowest BCUT2D eigenvalue weighted by molar-refractivity contribution is 0.0713. The average molecular weight is 311 g/mol.